The van der Waals surface area contributed by atoms with Gasteiger partial charge in [0.15, 0.2) is 5.65 Å². The zero-order valence-electron chi connectivity index (χ0n) is 14.1. The Labute approximate surface area is 149 Å². The first kappa shape index (κ1) is 15.2. The van der Waals surface area contributed by atoms with E-state index in [0.29, 0.717) is 18.2 Å². The van der Waals surface area contributed by atoms with E-state index >= 15 is 0 Å². The molecule has 26 heavy (non-hydrogen) atoms. The monoisotopic (exact) mass is 350 g/mol. The summed E-state index contributed by atoms with van der Waals surface area (Å²) in [6.07, 6.45) is 8.37. The second-order valence-electron chi connectivity index (χ2n) is 7.01. The van der Waals surface area contributed by atoms with Crippen molar-refractivity contribution in [2.45, 2.75) is 37.6 Å². The summed E-state index contributed by atoms with van der Waals surface area (Å²) < 4.78 is 2.03. The number of non-ortho nitro benzene ring substituents is 1. The quantitative estimate of drug-likeness (QED) is 0.574. The van der Waals surface area contributed by atoms with Crippen molar-refractivity contribution in [1.29, 1.82) is 0 Å². The van der Waals surface area contributed by atoms with Crippen LogP contribution >= 0.6 is 0 Å². The lowest BCUT2D eigenvalue weighted by Crippen LogP contribution is -2.07. The summed E-state index contributed by atoms with van der Waals surface area (Å²) in [6, 6.07) is 5.39. The summed E-state index contributed by atoms with van der Waals surface area (Å²) in [5.41, 5.74) is 3.51. The fourth-order valence-corrected chi connectivity index (χ4v) is 4.19. The minimum absolute atomic E-state index is 0.0448. The SMILES string of the molecule is O=[N+]([O-])c1ccc2c(c1)C(c1ncnc3nn(C4CCCC4)cc13)CN2. The average molecular weight is 350 g/mol. The van der Waals surface area contributed by atoms with Crippen molar-refractivity contribution in [2.24, 2.45) is 0 Å². The predicted octanol–water partition coefficient (Wildman–Crippen LogP) is 3.41. The molecule has 2 aliphatic rings. The lowest BCUT2D eigenvalue weighted by molar-refractivity contribution is -0.384. The number of aromatic nitrogens is 4. The molecule has 1 N–H and O–H groups in total. The van der Waals surface area contributed by atoms with Crippen molar-refractivity contribution in [1.82, 2.24) is 19.7 Å². The maximum absolute atomic E-state index is 11.2. The van der Waals surface area contributed by atoms with Gasteiger partial charge in [0, 0.05) is 36.5 Å². The van der Waals surface area contributed by atoms with Crippen LogP contribution in [0.2, 0.25) is 0 Å². The van der Waals surface area contributed by atoms with E-state index in [9.17, 15) is 10.1 Å². The summed E-state index contributed by atoms with van der Waals surface area (Å²) in [7, 11) is 0. The molecule has 0 bridgehead atoms. The molecule has 0 spiro atoms. The molecule has 1 aliphatic heterocycles. The van der Waals surface area contributed by atoms with E-state index in [-0.39, 0.29) is 16.5 Å². The van der Waals surface area contributed by atoms with Crippen LogP contribution in [0.4, 0.5) is 11.4 Å². The first-order chi connectivity index (χ1) is 12.7. The Kier molecular flexibility index (Phi) is 3.37. The molecule has 132 valence electrons. The van der Waals surface area contributed by atoms with E-state index in [0.717, 1.165) is 35.2 Å². The van der Waals surface area contributed by atoms with E-state index in [1.165, 1.54) is 18.9 Å². The van der Waals surface area contributed by atoms with Gasteiger partial charge in [0.25, 0.3) is 5.69 Å². The minimum atomic E-state index is -0.358. The Morgan fingerprint density at radius 3 is 2.88 bits per heavy atom. The highest BCUT2D eigenvalue weighted by molar-refractivity contribution is 5.79. The van der Waals surface area contributed by atoms with Crippen molar-refractivity contribution < 1.29 is 4.92 Å². The standard InChI is InChI=1S/C18H18N6O2/c25-24(26)12-5-6-16-13(7-12)14(8-19-16)17-15-9-23(11-3-1-2-4-11)22-18(15)21-10-20-17/h5-7,9-11,14,19H,1-4,8H2. The number of nitrogens with zero attached hydrogens (tertiary/aromatic N) is 5. The highest BCUT2D eigenvalue weighted by Crippen LogP contribution is 2.39. The molecule has 1 fully saturated rings. The minimum Gasteiger partial charge on any atom is -0.384 e. The van der Waals surface area contributed by atoms with Crippen LogP contribution in [0, 0.1) is 10.1 Å². The van der Waals surface area contributed by atoms with Gasteiger partial charge in [0.1, 0.15) is 6.33 Å². The average Bonchev–Trinajstić information content (AvgIpc) is 3.38. The van der Waals surface area contributed by atoms with E-state index < -0.39 is 0 Å². The fourth-order valence-electron chi connectivity index (χ4n) is 4.19. The van der Waals surface area contributed by atoms with Crippen LogP contribution in [0.1, 0.15) is 48.9 Å². The number of nitro groups is 1. The van der Waals surface area contributed by atoms with Crippen molar-refractivity contribution in [2.75, 3.05) is 11.9 Å². The maximum atomic E-state index is 11.2. The van der Waals surface area contributed by atoms with E-state index in [1.54, 1.807) is 18.5 Å². The largest absolute Gasteiger partial charge is 0.384 e. The Hall–Kier alpha value is -3.03. The summed E-state index contributed by atoms with van der Waals surface area (Å²) in [4.78, 5) is 19.7. The van der Waals surface area contributed by atoms with Crippen LogP contribution in [0.5, 0.6) is 0 Å². The van der Waals surface area contributed by atoms with Crippen molar-refractivity contribution in [3.63, 3.8) is 0 Å². The smallest absolute Gasteiger partial charge is 0.269 e. The van der Waals surface area contributed by atoms with Crippen LogP contribution in [-0.4, -0.2) is 31.2 Å². The number of rotatable bonds is 3. The van der Waals surface area contributed by atoms with Crippen LogP contribution in [0.15, 0.2) is 30.7 Å². The summed E-state index contributed by atoms with van der Waals surface area (Å²) in [5.74, 6) is -0.0448. The molecule has 8 nitrogen and oxygen atoms in total. The Morgan fingerprint density at radius 1 is 1.23 bits per heavy atom. The van der Waals surface area contributed by atoms with Gasteiger partial charge in [-0.3, -0.25) is 14.8 Å². The molecule has 8 heteroatoms. The van der Waals surface area contributed by atoms with Gasteiger partial charge in [-0.2, -0.15) is 5.10 Å². The predicted molar refractivity (Wildman–Crippen MR) is 96.3 cm³/mol. The molecule has 0 radical (unpaired) electrons. The molecule has 3 heterocycles. The van der Waals surface area contributed by atoms with Crippen molar-refractivity contribution >= 4 is 22.4 Å². The molecule has 0 amide bonds. The van der Waals surface area contributed by atoms with E-state index in [1.807, 2.05) is 4.68 Å². The Bertz CT molecular complexity index is 1010. The second-order valence-corrected chi connectivity index (χ2v) is 7.01. The highest BCUT2D eigenvalue weighted by atomic mass is 16.6. The van der Waals surface area contributed by atoms with Gasteiger partial charge in [-0.25, -0.2) is 9.97 Å². The highest BCUT2D eigenvalue weighted by Gasteiger charge is 2.29. The molecule has 1 unspecified atom stereocenters. The lowest BCUT2D eigenvalue weighted by Gasteiger charge is -2.10. The number of fused-ring (bicyclic) bond motifs is 2. The van der Waals surface area contributed by atoms with E-state index in [4.69, 9.17) is 0 Å². The van der Waals surface area contributed by atoms with Crippen molar-refractivity contribution in [3.05, 3.63) is 52.1 Å². The van der Waals surface area contributed by atoms with Crippen LogP contribution < -0.4 is 5.32 Å². The maximum Gasteiger partial charge on any atom is 0.269 e. The van der Waals surface area contributed by atoms with Gasteiger partial charge in [-0.1, -0.05) is 12.8 Å². The number of anilines is 1. The summed E-state index contributed by atoms with van der Waals surface area (Å²) in [5, 5.41) is 20.1. The van der Waals surface area contributed by atoms with Gasteiger partial charge in [-0.05, 0) is 24.5 Å². The van der Waals surface area contributed by atoms with Gasteiger partial charge >= 0.3 is 0 Å². The molecular weight excluding hydrogens is 332 g/mol. The first-order valence-corrected chi connectivity index (χ1v) is 8.92. The Morgan fingerprint density at radius 2 is 2.08 bits per heavy atom. The van der Waals surface area contributed by atoms with Crippen LogP contribution in [-0.2, 0) is 0 Å². The van der Waals surface area contributed by atoms with E-state index in [2.05, 4.69) is 26.6 Å². The van der Waals surface area contributed by atoms with Gasteiger partial charge in [0.05, 0.1) is 22.0 Å². The Balaban J connectivity index is 1.60. The van der Waals surface area contributed by atoms with Crippen molar-refractivity contribution in [3.8, 4) is 0 Å². The van der Waals surface area contributed by atoms with Crippen LogP contribution in [0.3, 0.4) is 0 Å². The number of nitrogens with one attached hydrogen (secondary N) is 1. The van der Waals surface area contributed by atoms with Gasteiger partial charge < -0.3 is 5.32 Å². The number of hydrogen-bond donors (Lipinski definition) is 1. The summed E-state index contributed by atoms with van der Waals surface area (Å²) >= 11 is 0. The lowest BCUT2D eigenvalue weighted by atomic mass is 9.95. The number of benzene rings is 1. The fraction of sp³-hybridized carbons (Fsp3) is 0.389. The molecule has 2 aromatic heterocycles. The third-order valence-corrected chi connectivity index (χ3v) is 5.51. The second kappa shape index (κ2) is 5.76. The molecule has 5 rings (SSSR count). The molecule has 1 aromatic carbocycles. The van der Waals surface area contributed by atoms with Gasteiger partial charge in [0.2, 0.25) is 0 Å². The number of nitro benzene ring substituents is 1. The normalized spacial score (nSPS) is 19.6. The molecule has 0 saturated heterocycles. The van der Waals surface area contributed by atoms with Crippen LogP contribution in [0.25, 0.3) is 11.0 Å². The van der Waals surface area contributed by atoms with Gasteiger partial charge in [-0.15, -0.1) is 0 Å². The summed E-state index contributed by atoms with van der Waals surface area (Å²) in [6.45, 7) is 0.664. The zero-order chi connectivity index (χ0) is 17.7. The third-order valence-electron chi connectivity index (χ3n) is 5.51. The number of hydrogen-bond acceptors (Lipinski definition) is 6. The molecule has 1 atom stereocenters. The zero-order valence-corrected chi connectivity index (χ0v) is 14.1. The molecule has 1 aliphatic carbocycles. The first-order valence-electron chi connectivity index (χ1n) is 8.92. The molecule has 1 saturated carbocycles. The third kappa shape index (κ3) is 2.33. The molecular formula is C18H18N6O2. The topological polar surface area (TPSA) is 98.8 Å². The molecule has 3 aromatic rings.